The standard InChI is InChI=1S/C7H10ClN3O/c1-3-9-6-5(12-2)4-10-7(8)11-6/h4H,3H2,1-2H3,(H,9,10,11). The first-order valence-corrected chi connectivity index (χ1v) is 3.96. The topological polar surface area (TPSA) is 47.0 Å². The van der Waals surface area contributed by atoms with Gasteiger partial charge in [0.25, 0.3) is 0 Å². The number of hydrogen-bond donors (Lipinski definition) is 1. The van der Waals surface area contributed by atoms with Gasteiger partial charge in [-0.3, -0.25) is 0 Å². The predicted octanol–water partition coefficient (Wildman–Crippen LogP) is 1.57. The Bertz CT molecular complexity index is 267. The molecular formula is C7H10ClN3O. The Morgan fingerprint density at radius 1 is 1.67 bits per heavy atom. The lowest BCUT2D eigenvalue weighted by Crippen LogP contribution is -2.02. The van der Waals surface area contributed by atoms with Crippen LogP contribution in [0.25, 0.3) is 0 Å². The van der Waals surface area contributed by atoms with E-state index < -0.39 is 0 Å². The molecule has 66 valence electrons. The Hall–Kier alpha value is -1.03. The lowest BCUT2D eigenvalue weighted by molar-refractivity contribution is 0.412. The van der Waals surface area contributed by atoms with Crippen LogP contribution in [0.5, 0.6) is 5.75 Å². The molecule has 1 aromatic rings. The van der Waals surface area contributed by atoms with Crippen molar-refractivity contribution in [2.75, 3.05) is 19.0 Å². The fourth-order valence-corrected chi connectivity index (χ4v) is 0.926. The zero-order valence-electron chi connectivity index (χ0n) is 6.97. The molecule has 4 nitrogen and oxygen atoms in total. The van der Waals surface area contributed by atoms with Crippen molar-refractivity contribution in [3.05, 3.63) is 11.5 Å². The van der Waals surface area contributed by atoms with E-state index in [4.69, 9.17) is 16.3 Å². The second-order valence-corrected chi connectivity index (χ2v) is 2.42. The van der Waals surface area contributed by atoms with E-state index in [1.807, 2.05) is 6.92 Å². The largest absolute Gasteiger partial charge is 0.491 e. The monoisotopic (exact) mass is 187 g/mol. The normalized spacial score (nSPS) is 9.58. The van der Waals surface area contributed by atoms with Gasteiger partial charge in [0.2, 0.25) is 5.28 Å². The van der Waals surface area contributed by atoms with Gasteiger partial charge in [-0.05, 0) is 18.5 Å². The van der Waals surface area contributed by atoms with Crippen molar-refractivity contribution in [1.82, 2.24) is 9.97 Å². The van der Waals surface area contributed by atoms with Crippen LogP contribution in [0.3, 0.4) is 0 Å². The van der Waals surface area contributed by atoms with E-state index in [0.29, 0.717) is 11.6 Å². The van der Waals surface area contributed by atoms with Crippen LogP contribution < -0.4 is 10.1 Å². The number of anilines is 1. The molecule has 0 aliphatic heterocycles. The van der Waals surface area contributed by atoms with E-state index in [-0.39, 0.29) is 5.28 Å². The molecule has 12 heavy (non-hydrogen) atoms. The van der Waals surface area contributed by atoms with E-state index in [2.05, 4.69) is 15.3 Å². The number of hydrogen-bond acceptors (Lipinski definition) is 4. The highest BCUT2D eigenvalue weighted by atomic mass is 35.5. The summed E-state index contributed by atoms with van der Waals surface area (Å²) in [6.45, 7) is 2.74. The third kappa shape index (κ3) is 1.98. The highest BCUT2D eigenvalue weighted by molar-refractivity contribution is 6.28. The zero-order chi connectivity index (χ0) is 8.97. The van der Waals surface area contributed by atoms with Crippen LogP contribution in [-0.2, 0) is 0 Å². The molecule has 0 bridgehead atoms. The molecule has 1 aromatic heterocycles. The summed E-state index contributed by atoms with van der Waals surface area (Å²) in [5, 5.41) is 3.22. The molecule has 5 heteroatoms. The maximum absolute atomic E-state index is 5.59. The number of halogens is 1. The van der Waals surface area contributed by atoms with Gasteiger partial charge in [-0.1, -0.05) is 0 Å². The minimum Gasteiger partial charge on any atom is -0.491 e. The molecule has 0 amide bonds. The summed E-state index contributed by atoms with van der Waals surface area (Å²) in [7, 11) is 1.56. The van der Waals surface area contributed by atoms with Gasteiger partial charge >= 0.3 is 0 Å². The Morgan fingerprint density at radius 3 is 3.00 bits per heavy atom. The van der Waals surface area contributed by atoms with Gasteiger partial charge in [-0.2, -0.15) is 4.98 Å². The predicted molar refractivity (Wildman–Crippen MR) is 47.8 cm³/mol. The second-order valence-electron chi connectivity index (χ2n) is 2.09. The molecule has 1 N–H and O–H groups in total. The quantitative estimate of drug-likeness (QED) is 0.730. The lowest BCUT2D eigenvalue weighted by Gasteiger charge is -2.06. The van der Waals surface area contributed by atoms with Gasteiger partial charge < -0.3 is 10.1 Å². The highest BCUT2D eigenvalue weighted by Gasteiger charge is 2.03. The summed E-state index contributed by atoms with van der Waals surface area (Å²) in [6, 6.07) is 0. The first-order valence-electron chi connectivity index (χ1n) is 3.58. The van der Waals surface area contributed by atoms with E-state index in [9.17, 15) is 0 Å². The van der Waals surface area contributed by atoms with E-state index in [1.165, 1.54) is 6.20 Å². The van der Waals surface area contributed by atoms with E-state index >= 15 is 0 Å². The highest BCUT2D eigenvalue weighted by Crippen LogP contribution is 2.20. The van der Waals surface area contributed by atoms with Crippen LogP contribution in [0, 0.1) is 0 Å². The number of nitrogens with one attached hydrogen (secondary N) is 1. The van der Waals surface area contributed by atoms with Crippen LogP contribution in [0.4, 0.5) is 5.82 Å². The Morgan fingerprint density at radius 2 is 2.42 bits per heavy atom. The van der Waals surface area contributed by atoms with Gasteiger partial charge in [-0.15, -0.1) is 0 Å². The molecule has 0 fully saturated rings. The van der Waals surface area contributed by atoms with Gasteiger partial charge in [0.05, 0.1) is 13.3 Å². The Kier molecular flexibility index (Phi) is 3.10. The van der Waals surface area contributed by atoms with Crippen LogP contribution in [0.2, 0.25) is 5.28 Å². The first kappa shape index (κ1) is 9.06. The van der Waals surface area contributed by atoms with Crippen molar-refractivity contribution < 1.29 is 4.74 Å². The van der Waals surface area contributed by atoms with Gasteiger partial charge in [0.15, 0.2) is 11.6 Å². The third-order valence-electron chi connectivity index (χ3n) is 1.29. The summed E-state index contributed by atoms with van der Waals surface area (Å²) in [5.41, 5.74) is 0. The summed E-state index contributed by atoms with van der Waals surface area (Å²) in [4.78, 5) is 7.73. The maximum Gasteiger partial charge on any atom is 0.224 e. The minimum atomic E-state index is 0.215. The van der Waals surface area contributed by atoms with Crippen molar-refractivity contribution in [3.63, 3.8) is 0 Å². The van der Waals surface area contributed by atoms with E-state index in [0.717, 1.165) is 6.54 Å². The SMILES string of the molecule is CCNc1nc(Cl)ncc1OC. The number of nitrogens with zero attached hydrogens (tertiary/aromatic N) is 2. The van der Waals surface area contributed by atoms with Crippen molar-refractivity contribution in [1.29, 1.82) is 0 Å². The molecule has 1 heterocycles. The number of aromatic nitrogens is 2. The zero-order valence-corrected chi connectivity index (χ0v) is 7.72. The Labute approximate surface area is 75.9 Å². The molecule has 0 atom stereocenters. The average molecular weight is 188 g/mol. The Balaban J connectivity index is 2.95. The first-order chi connectivity index (χ1) is 5.77. The molecule has 0 aromatic carbocycles. The molecule has 0 aliphatic rings. The summed E-state index contributed by atoms with van der Waals surface area (Å²) in [6.07, 6.45) is 1.54. The number of rotatable bonds is 3. The molecule has 0 saturated heterocycles. The fraction of sp³-hybridized carbons (Fsp3) is 0.429. The summed E-state index contributed by atoms with van der Waals surface area (Å²) < 4.78 is 5.01. The van der Waals surface area contributed by atoms with Crippen LogP contribution in [-0.4, -0.2) is 23.6 Å². The molecule has 1 rings (SSSR count). The van der Waals surface area contributed by atoms with Crippen molar-refractivity contribution >= 4 is 17.4 Å². The van der Waals surface area contributed by atoms with Gasteiger partial charge in [0, 0.05) is 6.54 Å². The number of ether oxygens (including phenoxy) is 1. The van der Waals surface area contributed by atoms with Gasteiger partial charge in [-0.25, -0.2) is 4.98 Å². The van der Waals surface area contributed by atoms with Crippen LogP contribution in [0.1, 0.15) is 6.92 Å². The number of methoxy groups -OCH3 is 1. The lowest BCUT2D eigenvalue weighted by atomic mass is 10.5. The third-order valence-corrected chi connectivity index (χ3v) is 1.47. The van der Waals surface area contributed by atoms with Crippen molar-refractivity contribution in [2.24, 2.45) is 0 Å². The minimum absolute atomic E-state index is 0.215. The maximum atomic E-state index is 5.59. The molecule has 0 unspecified atom stereocenters. The van der Waals surface area contributed by atoms with Gasteiger partial charge in [0.1, 0.15) is 0 Å². The summed E-state index contributed by atoms with van der Waals surface area (Å²) >= 11 is 5.59. The van der Waals surface area contributed by atoms with Crippen molar-refractivity contribution in [2.45, 2.75) is 6.92 Å². The van der Waals surface area contributed by atoms with Crippen molar-refractivity contribution in [3.8, 4) is 5.75 Å². The smallest absolute Gasteiger partial charge is 0.224 e. The van der Waals surface area contributed by atoms with E-state index in [1.54, 1.807) is 7.11 Å². The molecular weight excluding hydrogens is 178 g/mol. The second kappa shape index (κ2) is 4.11. The van der Waals surface area contributed by atoms with Crippen LogP contribution >= 0.6 is 11.6 Å². The molecule has 0 spiro atoms. The fourth-order valence-electron chi connectivity index (χ4n) is 0.793. The molecule has 0 radical (unpaired) electrons. The molecule has 0 saturated carbocycles. The summed E-state index contributed by atoms with van der Waals surface area (Å²) in [5.74, 6) is 1.22. The van der Waals surface area contributed by atoms with Crippen LogP contribution in [0.15, 0.2) is 6.20 Å². The average Bonchev–Trinajstić information content (AvgIpc) is 2.05. The molecule has 0 aliphatic carbocycles.